The summed E-state index contributed by atoms with van der Waals surface area (Å²) in [4.78, 5) is 27.9. The zero-order valence-electron chi connectivity index (χ0n) is 12.6. The first-order valence-electron chi connectivity index (χ1n) is 6.77. The molecule has 22 heavy (non-hydrogen) atoms. The highest BCUT2D eigenvalue weighted by atomic mass is 35.5. The molecule has 1 aromatic carbocycles. The zero-order valence-corrected chi connectivity index (χ0v) is 13.3. The Labute approximate surface area is 132 Å². The van der Waals surface area contributed by atoms with E-state index >= 15 is 0 Å². The molecule has 0 fully saturated rings. The second-order valence-corrected chi connectivity index (χ2v) is 5.14. The molecule has 0 spiro atoms. The van der Waals surface area contributed by atoms with E-state index in [0.717, 1.165) is 5.56 Å². The standard InChI is InChI=1S/C15H17ClN2O4/c1-4-22-12-7-9(6-11(16)13(12)21-3)5-10-8(2)17-15(20)18-14(10)19/h6-7H,4-5H2,1-3H3,(H2,17,18,19,20). The second-order valence-electron chi connectivity index (χ2n) is 4.73. The number of rotatable bonds is 5. The van der Waals surface area contributed by atoms with Crippen LogP contribution >= 0.6 is 11.6 Å². The van der Waals surface area contributed by atoms with Crippen molar-refractivity contribution in [3.63, 3.8) is 0 Å². The molecule has 0 radical (unpaired) electrons. The fourth-order valence-corrected chi connectivity index (χ4v) is 2.54. The Kier molecular flexibility index (Phi) is 4.92. The van der Waals surface area contributed by atoms with Crippen molar-refractivity contribution in [2.45, 2.75) is 20.3 Å². The first kappa shape index (κ1) is 16.2. The quantitative estimate of drug-likeness (QED) is 0.881. The normalized spacial score (nSPS) is 10.5. The molecule has 7 heteroatoms. The van der Waals surface area contributed by atoms with Gasteiger partial charge in [-0.2, -0.15) is 0 Å². The average molecular weight is 325 g/mol. The zero-order chi connectivity index (χ0) is 16.3. The van der Waals surface area contributed by atoms with E-state index in [9.17, 15) is 9.59 Å². The molecular weight excluding hydrogens is 308 g/mol. The maximum atomic E-state index is 11.9. The molecule has 118 valence electrons. The number of hydrogen-bond acceptors (Lipinski definition) is 4. The number of ether oxygens (including phenoxy) is 2. The minimum atomic E-state index is -0.519. The third-order valence-corrected chi connectivity index (χ3v) is 3.49. The van der Waals surface area contributed by atoms with Crippen LogP contribution in [0.25, 0.3) is 0 Å². The summed E-state index contributed by atoms with van der Waals surface area (Å²) in [6.45, 7) is 4.01. The van der Waals surface area contributed by atoms with Crippen molar-refractivity contribution in [2.75, 3.05) is 13.7 Å². The molecule has 0 unspecified atom stereocenters. The van der Waals surface area contributed by atoms with Gasteiger partial charge >= 0.3 is 5.69 Å². The molecule has 0 aliphatic carbocycles. The van der Waals surface area contributed by atoms with Crippen LogP contribution in [0.2, 0.25) is 5.02 Å². The van der Waals surface area contributed by atoms with Gasteiger partial charge in [0, 0.05) is 17.7 Å². The van der Waals surface area contributed by atoms with Crippen LogP contribution in [0.4, 0.5) is 0 Å². The van der Waals surface area contributed by atoms with E-state index in [0.29, 0.717) is 40.8 Å². The lowest BCUT2D eigenvalue weighted by molar-refractivity contribution is 0.310. The Hall–Kier alpha value is -2.21. The molecule has 0 aliphatic heterocycles. The van der Waals surface area contributed by atoms with Crippen LogP contribution in [0, 0.1) is 6.92 Å². The van der Waals surface area contributed by atoms with Crippen molar-refractivity contribution in [2.24, 2.45) is 0 Å². The fraction of sp³-hybridized carbons (Fsp3) is 0.333. The van der Waals surface area contributed by atoms with E-state index in [2.05, 4.69) is 9.97 Å². The van der Waals surface area contributed by atoms with Crippen LogP contribution in [0.1, 0.15) is 23.7 Å². The number of aryl methyl sites for hydroxylation is 1. The monoisotopic (exact) mass is 324 g/mol. The summed E-state index contributed by atoms with van der Waals surface area (Å²) < 4.78 is 10.7. The largest absolute Gasteiger partial charge is 0.491 e. The molecule has 2 rings (SSSR count). The van der Waals surface area contributed by atoms with Crippen LogP contribution in [0.3, 0.4) is 0 Å². The molecule has 0 amide bonds. The smallest absolute Gasteiger partial charge is 0.325 e. The lowest BCUT2D eigenvalue weighted by atomic mass is 10.0. The number of halogens is 1. The van der Waals surface area contributed by atoms with Gasteiger partial charge in [-0.25, -0.2) is 4.79 Å². The molecule has 0 aliphatic rings. The maximum Gasteiger partial charge on any atom is 0.325 e. The number of benzene rings is 1. The number of hydrogen-bond donors (Lipinski definition) is 2. The number of aromatic amines is 2. The molecular formula is C15H17ClN2O4. The van der Waals surface area contributed by atoms with E-state index in [4.69, 9.17) is 21.1 Å². The maximum absolute atomic E-state index is 11.9. The highest BCUT2D eigenvalue weighted by Gasteiger charge is 2.14. The Morgan fingerprint density at radius 1 is 1.23 bits per heavy atom. The van der Waals surface area contributed by atoms with E-state index in [1.54, 1.807) is 19.1 Å². The first-order valence-corrected chi connectivity index (χ1v) is 7.15. The molecule has 1 aromatic heterocycles. The number of nitrogens with one attached hydrogen (secondary N) is 2. The summed E-state index contributed by atoms with van der Waals surface area (Å²) in [5.41, 5.74) is 0.858. The number of H-pyrrole nitrogens is 2. The molecule has 1 heterocycles. The van der Waals surface area contributed by atoms with Gasteiger partial charge in [0.2, 0.25) is 0 Å². The van der Waals surface area contributed by atoms with E-state index in [-0.39, 0.29) is 0 Å². The minimum absolute atomic E-state index is 0.321. The lowest BCUT2D eigenvalue weighted by Gasteiger charge is -2.13. The van der Waals surface area contributed by atoms with Crippen LogP contribution in [-0.2, 0) is 6.42 Å². The van der Waals surface area contributed by atoms with Gasteiger partial charge in [0.15, 0.2) is 11.5 Å². The first-order chi connectivity index (χ1) is 10.5. The third kappa shape index (κ3) is 3.33. The summed E-state index contributed by atoms with van der Waals surface area (Å²) >= 11 is 6.19. The molecule has 0 saturated heterocycles. The Morgan fingerprint density at radius 2 is 1.95 bits per heavy atom. The summed E-state index contributed by atoms with van der Waals surface area (Å²) in [6, 6.07) is 3.49. The Morgan fingerprint density at radius 3 is 2.55 bits per heavy atom. The van der Waals surface area contributed by atoms with Crippen molar-refractivity contribution >= 4 is 11.6 Å². The van der Waals surface area contributed by atoms with Gasteiger partial charge < -0.3 is 14.5 Å². The Balaban J connectivity index is 2.47. The number of aromatic nitrogens is 2. The van der Waals surface area contributed by atoms with Crippen LogP contribution in [-0.4, -0.2) is 23.7 Å². The lowest BCUT2D eigenvalue weighted by Crippen LogP contribution is -2.27. The van der Waals surface area contributed by atoms with Crippen molar-refractivity contribution in [3.05, 3.63) is 54.8 Å². The molecule has 6 nitrogen and oxygen atoms in total. The fourth-order valence-electron chi connectivity index (χ4n) is 2.23. The van der Waals surface area contributed by atoms with Crippen molar-refractivity contribution in [3.8, 4) is 11.5 Å². The van der Waals surface area contributed by atoms with E-state index in [1.807, 2.05) is 6.92 Å². The second kappa shape index (κ2) is 6.70. The van der Waals surface area contributed by atoms with Gasteiger partial charge in [-0.15, -0.1) is 0 Å². The highest BCUT2D eigenvalue weighted by Crippen LogP contribution is 2.36. The van der Waals surface area contributed by atoms with Crippen LogP contribution in [0.5, 0.6) is 11.5 Å². The van der Waals surface area contributed by atoms with Crippen molar-refractivity contribution in [1.82, 2.24) is 9.97 Å². The summed E-state index contributed by atoms with van der Waals surface area (Å²) in [5, 5.41) is 0.405. The van der Waals surface area contributed by atoms with Crippen molar-refractivity contribution < 1.29 is 9.47 Å². The molecule has 0 atom stereocenters. The van der Waals surface area contributed by atoms with Gasteiger partial charge in [-0.1, -0.05) is 11.6 Å². The average Bonchev–Trinajstić information content (AvgIpc) is 2.43. The van der Waals surface area contributed by atoms with E-state index in [1.165, 1.54) is 7.11 Å². The topological polar surface area (TPSA) is 84.2 Å². The predicted molar refractivity (Wildman–Crippen MR) is 84.4 cm³/mol. The van der Waals surface area contributed by atoms with Gasteiger partial charge in [-0.05, 0) is 31.5 Å². The third-order valence-electron chi connectivity index (χ3n) is 3.21. The molecule has 0 bridgehead atoms. The molecule has 2 aromatic rings. The minimum Gasteiger partial charge on any atom is -0.491 e. The van der Waals surface area contributed by atoms with Gasteiger partial charge in [-0.3, -0.25) is 9.78 Å². The summed E-state index contributed by atoms with van der Waals surface area (Å²) in [6.07, 6.45) is 0.321. The summed E-state index contributed by atoms with van der Waals surface area (Å²) in [5.74, 6) is 0.977. The predicted octanol–water partition coefficient (Wildman–Crippen LogP) is 2.02. The van der Waals surface area contributed by atoms with Gasteiger partial charge in [0.1, 0.15) is 0 Å². The van der Waals surface area contributed by atoms with Crippen molar-refractivity contribution in [1.29, 1.82) is 0 Å². The van der Waals surface area contributed by atoms with Gasteiger partial charge in [0.05, 0.1) is 18.7 Å². The number of methoxy groups -OCH3 is 1. The highest BCUT2D eigenvalue weighted by molar-refractivity contribution is 6.32. The SMILES string of the molecule is CCOc1cc(Cc2c(C)[nH]c(=O)[nH]c2=O)cc(Cl)c1OC. The van der Waals surface area contributed by atoms with Gasteiger partial charge in [0.25, 0.3) is 5.56 Å². The van der Waals surface area contributed by atoms with Crippen LogP contribution in [0.15, 0.2) is 21.7 Å². The van der Waals surface area contributed by atoms with E-state index < -0.39 is 11.2 Å². The molecule has 0 saturated carbocycles. The Bertz CT molecular complexity index is 795. The molecule has 2 N–H and O–H groups in total. The van der Waals surface area contributed by atoms with Crippen LogP contribution < -0.4 is 20.7 Å². The summed E-state index contributed by atoms with van der Waals surface area (Å²) in [7, 11) is 1.51.